The maximum absolute atomic E-state index is 11.3. The van der Waals surface area contributed by atoms with Crippen LogP contribution in [0, 0.1) is 0 Å². The maximum atomic E-state index is 11.3. The highest BCUT2D eigenvalue weighted by atomic mass is 35.5. The SMILES string of the molecule is O=C(O)C1=C(Cl)C2=NN=NC2(S(=O)(=O)O)C=C1. The molecule has 8 nitrogen and oxygen atoms in total. The number of hydrogen-bond donors (Lipinski definition) is 2. The zero-order valence-corrected chi connectivity index (χ0v) is 9.47. The lowest BCUT2D eigenvalue weighted by molar-refractivity contribution is -0.132. The molecule has 1 aliphatic carbocycles. The summed E-state index contributed by atoms with van der Waals surface area (Å²) < 4.78 is 31.6. The first-order chi connectivity index (χ1) is 7.79. The van der Waals surface area contributed by atoms with Crippen LogP contribution in [0.25, 0.3) is 0 Å². The number of carboxylic acids is 1. The molecule has 0 aromatic carbocycles. The first-order valence-electron chi connectivity index (χ1n) is 4.09. The molecule has 90 valence electrons. The quantitative estimate of drug-likeness (QED) is 0.712. The summed E-state index contributed by atoms with van der Waals surface area (Å²) in [5.74, 6) is -1.36. The molecule has 2 rings (SSSR count). The third-order valence-electron chi connectivity index (χ3n) is 2.22. The van der Waals surface area contributed by atoms with Crippen LogP contribution in [0.4, 0.5) is 0 Å². The smallest absolute Gasteiger partial charge is 0.337 e. The fraction of sp³-hybridized carbons (Fsp3) is 0.143. The summed E-state index contributed by atoms with van der Waals surface area (Å²) in [6.45, 7) is 0. The maximum Gasteiger partial charge on any atom is 0.337 e. The normalized spacial score (nSPS) is 27.1. The Kier molecular flexibility index (Phi) is 2.42. The Morgan fingerprint density at radius 3 is 2.65 bits per heavy atom. The van der Waals surface area contributed by atoms with E-state index in [1.165, 1.54) is 0 Å². The Labute approximate surface area is 99.7 Å². The summed E-state index contributed by atoms with van der Waals surface area (Å²) in [4.78, 5) is 8.55. The first-order valence-corrected chi connectivity index (χ1v) is 5.91. The lowest BCUT2D eigenvalue weighted by Crippen LogP contribution is -2.43. The average molecular weight is 278 g/mol. The van der Waals surface area contributed by atoms with Crippen molar-refractivity contribution in [1.29, 1.82) is 0 Å². The van der Waals surface area contributed by atoms with Gasteiger partial charge in [0.2, 0.25) is 0 Å². The summed E-state index contributed by atoms with van der Waals surface area (Å²) in [7, 11) is -4.70. The molecule has 0 fully saturated rings. The minimum atomic E-state index is -4.70. The van der Waals surface area contributed by atoms with E-state index in [2.05, 4.69) is 15.4 Å². The summed E-state index contributed by atoms with van der Waals surface area (Å²) >= 11 is 5.70. The van der Waals surface area contributed by atoms with Gasteiger partial charge in [-0.15, -0.1) is 10.2 Å². The van der Waals surface area contributed by atoms with E-state index >= 15 is 0 Å². The van der Waals surface area contributed by atoms with E-state index in [9.17, 15) is 13.2 Å². The van der Waals surface area contributed by atoms with Gasteiger partial charge in [-0.2, -0.15) is 8.42 Å². The van der Waals surface area contributed by atoms with Crippen molar-refractivity contribution in [2.24, 2.45) is 15.4 Å². The molecule has 1 atom stereocenters. The number of hydrogen-bond acceptors (Lipinski definition) is 6. The number of halogens is 1. The predicted octanol–water partition coefficient (Wildman–Crippen LogP) is 0.540. The fourth-order valence-electron chi connectivity index (χ4n) is 1.39. The highest BCUT2D eigenvalue weighted by Crippen LogP contribution is 2.37. The third-order valence-corrected chi connectivity index (χ3v) is 3.80. The standard InChI is InChI=1S/C7H4ClN3O5S/c8-4-3(6(12)13)1-2-7(17(14,15)16)5(4)9-11-10-7/h1-2H,(H,12,13)(H,14,15,16). The zero-order valence-electron chi connectivity index (χ0n) is 7.90. The van der Waals surface area contributed by atoms with Crippen LogP contribution >= 0.6 is 11.6 Å². The van der Waals surface area contributed by atoms with Gasteiger partial charge in [-0.3, -0.25) is 4.55 Å². The van der Waals surface area contributed by atoms with Crippen LogP contribution in [0.5, 0.6) is 0 Å². The Balaban J connectivity index is 2.68. The van der Waals surface area contributed by atoms with Crippen molar-refractivity contribution in [3.8, 4) is 0 Å². The molecule has 0 amide bonds. The van der Waals surface area contributed by atoms with Gasteiger partial charge >= 0.3 is 16.1 Å². The largest absolute Gasteiger partial charge is 0.478 e. The molecule has 0 bridgehead atoms. The Morgan fingerprint density at radius 2 is 2.12 bits per heavy atom. The minimum Gasteiger partial charge on any atom is -0.478 e. The van der Waals surface area contributed by atoms with Crippen molar-refractivity contribution in [2.45, 2.75) is 4.87 Å². The summed E-state index contributed by atoms with van der Waals surface area (Å²) in [6.07, 6.45) is 1.80. The second-order valence-electron chi connectivity index (χ2n) is 3.18. The molecule has 2 N–H and O–H groups in total. The Bertz CT molecular complexity index is 632. The van der Waals surface area contributed by atoms with Gasteiger partial charge in [-0.1, -0.05) is 11.6 Å². The van der Waals surface area contributed by atoms with E-state index < -0.39 is 31.7 Å². The molecule has 10 heteroatoms. The number of nitrogens with zero attached hydrogens (tertiary/aromatic N) is 3. The van der Waals surface area contributed by atoms with Crippen LogP contribution in [0.2, 0.25) is 0 Å². The molecule has 2 aliphatic rings. The predicted molar refractivity (Wildman–Crippen MR) is 56.2 cm³/mol. The van der Waals surface area contributed by atoms with Crippen molar-refractivity contribution < 1.29 is 22.9 Å². The average Bonchev–Trinajstić information content (AvgIpc) is 2.62. The lowest BCUT2D eigenvalue weighted by atomic mass is 10.0. The summed E-state index contributed by atoms with van der Waals surface area (Å²) in [5, 5.41) is 18.1. The van der Waals surface area contributed by atoms with Crippen LogP contribution in [0.15, 0.2) is 38.2 Å². The van der Waals surface area contributed by atoms with E-state index in [0.717, 1.165) is 12.2 Å². The number of carboxylic acid groups (broad SMARTS) is 1. The molecule has 0 saturated carbocycles. The van der Waals surface area contributed by atoms with Gasteiger partial charge in [0.1, 0.15) is 5.71 Å². The second kappa shape index (κ2) is 3.45. The van der Waals surface area contributed by atoms with Gasteiger partial charge in [0.05, 0.1) is 10.6 Å². The molecule has 17 heavy (non-hydrogen) atoms. The molecular weight excluding hydrogens is 274 g/mol. The summed E-state index contributed by atoms with van der Waals surface area (Å²) in [6, 6.07) is 0. The van der Waals surface area contributed by atoms with Gasteiger partial charge < -0.3 is 5.11 Å². The Hall–Kier alpha value is -1.58. The fourth-order valence-corrected chi connectivity index (χ4v) is 2.54. The first kappa shape index (κ1) is 11.9. The third kappa shape index (κ3) is 1.51. The van der Waals surface area contributed by atoms with Gasteiger partial charge in [-0.05, 0) is 17.4 Å². The van der Waals surface area contributed by atoms with Gasteiger partial charge in [0.25, 0.3) is 4.87 Å². The molecule has 0 spiro atoms. The van der Waals surface area contributed by atoms with Crippen LogP contribution in [-0.2, 0) is 14.9 Å². The van der Waals surface area contributed by atoms with Crippen LogP contribution in [-0.4, -0.2) is 34.6 Å². The molecule has 0 aromatic heterocycles. The molecular formula is C7H4ClN3O5S. The zero-order chi connectivity index (χ0) is 12.8. The highest BCUT2D eigenvalue weighted by molar-refractivity contribution is 7.88. The summed E-state index contributed by atoms with van der Waals surface area (Å²) in [5.41, 5.74) is -0.779. The van der Waals surface area contributed by atoms with Crippen molar-refractivity contribution in [3.63, 3.8) is 0 Å². The van der Waals surface area contributed by atoms with Crippen LogP contribution in [0.3, 0.4) is 0 Å². The number of carbonyl (C=O) groups is 1. The van der Waals surface area contributed by atoms with Crippen LogP contribution < -0.4 is 0 Å². The molecule has 0 aromatic rings. The molecule has 1 heterocycles. The highest BCUT2D eigenvalue weighted by Gasteiger charge is 2.53. The number of fused-ring (bicyclic) bond motifs is 1. The monoisotopic (exact) mass is 277 g/mol. The molecule has 0 radical (unpaired) electrons. The van der Waals surface area contributed by atoms with Crippen LogP contribution in [0.1, 0.15) is 0 Å². The van der Waals surface area contributed by atoms with Gasteiger partial charge in [0.15, 0.2) is 0 Å². The van der Waals surface area contributed by atoms with Gasteiger partial charge in [-0.25, -0.2) is 4.79 Å². The molecule has 1 aliphatic heterocycles. The Morgan fingerprint density at radius 1 is 1.47 bits per heavy atom. The topological polar surface area (TPSA) is 129 Å². The van der Waals surface area contributed by atoms with Crippen molar-refractivity contribution in [3.05, 3.63) is 22.8 Å². The molecule has 1 unspecified atom stereocenters. The van der Waals surface area contributed by atoms with E-state index in [0.29, 0.717) is 0 Å². The van der Waals surface area contributed by atoms with E-state index in [-0.39, 0.29) is 5.57 Å². The minimum absolute atomic E-state index is 0.350. The van der Waals surface area contributed by atoms with Crippen molar-refractivity contribution in [2.75, 3.05) is 0 Å². The van der Waals surface area contributed by atoms with E-state index in [1.807, 2.05) is 0 Å². The molecule has 0 saturated heterocycles. The van der Waals surface area contributed by atoms with Gasteiger partial charge in [0, 0.05) is 0 Å². The van der Waals surface area contributed by atoms with E-state index in [1.54, 1.807) is 0 Å². The number of rotatable bonds is 2. The lowest BCUT2D eigenvalue weighted by Gasteiger charge is -2.22. The van der Waals surface area contributed by atoms with E-state index in [4.69, 9.17) is 21.3 Å². The second-order valence-corrected chi connectivity index (χ2v) is 5.13. The number of aliphatic carboxylic acids is 1. The van der Waals surface area contributed by atoms with Crippen molar-refractivity contribution in [1.82, 2.24) is 0 Å². The van der Waals surface area contributed by atoms with Crippen molar-refractivity contribution >= 4 is 33.4 Å².